The van der Waals surface area contributed by atoms with Gasteiger partial charge in [0, 0.05) is 11.3 Å². The molecule has 11 heteroatoms. The van der Waals surface area contributed by atoms with Gasteiger partial charge in [0.2, 0.25) is 5.82 Å². The SMILES string of the molecule is C=CC1=CC[C@@]2(Cl)C(=O)N(c3c(F)c(F)c(F)c(F)c3F)C(=O)[C@@]2(Cl)[C@H]1c1ccc(O)c2ccccc12. The summed E-state index contributed by atoms with van der Waals surface area (Å²) in [5.41, 5.74) is -1.14. The van der Waals surface area contributed by atoms with Crippen LogP contribution >= 0.6 is 23.2 Å². The van der Waals surface area contributed by atoms with Crippen molar-refractivity contribution in [2.45, 2.75) is 22.1 Å². The Labute approximate surface area is 216 Å². The van der Waals surface area contributed by atoms with Gasteiger partial charge in [-0.2, -0.15) is 0 Å². The number of carbonyl (C=O) groups is 2. The minimum Gasteiger partial charge on any atom is -0.507 e. The van der Waals surface area contributed by atoms with Gasteiger partial charge in [-0.15, -0.1) is 23.2 Å². The van der Waals surface area contributed by atoms with Crippen LogP contribution in [0.1, 0.15) is 17.9 Å². The Morgan fingerprint density at radius 3 is 2.05 bits per heavy atom. The molecular weight excluding hydrogens is 540 g/mol. The van der Waals surface area contributed by atoms with E-state index in [1.807, 2.05) is 0 Å². The standard InChI is InChI=1S/C26H14Cl2F5NO3/c1-2-11-9-10-25(27)23(36)34(22-20(32)18(30)17(29)19(31)21(22)33)24(37)26(25,28)16(11)14-7-8-15(35)13-6-4-3-5-12(13)14/h2-9,16,35H,1,10H2/t16-,25-,26+/m1/s1. The van der Waals surface area contributed by atoms with Crippen LogP contribution < -0.4 is 4.90 Å². The summed E-state index contributed by atoms with van der Waals surface area (Å²) in [6.45, 7) is 3.72. The zero-order valence-corrected chi connectivity index (χ0v) is 20.0. The van der Waals surface area contributed by atoms with Gasteiger partial charge in [-0.25, -0.2) is 26.9 Å². The molecule has 1 fully saturated rings. The highest BCUT2D eigenvalue weighted by Gasteiger charge is 2.73. The lowest BCUT2D eigenvalue weighted by Crippen LogP contribution is -2.54. The average Bonchev–Trinajstić information content (AvgIpc) is 3.04. The van der Waals surface area contributed by atoms with Crippen LogP contribution in [0.5, 0.6) is 5.75 Å². The quantitative estimate of drug-likeness (QED) is 0.135. The van der Waals surface area contributed by atoms with E-state index in [9.17, 15) is 36.6 Å². The smallest absolute Gasteiger partial charge is 0.258 e. The third kappa shape index (κ3) is 3.07. The molecule has 3 atom stereocenters. The van der Waals surface area contributed by atoms with Crippen LogP contribution in [0, 0.1) is 29.1 Å². The fourth-order valence-corrected chi connectivity index (χ4v) is 5.93. The lowest BCUT2D eigenvalue weighted by molar-refractivity contribution is -0.122. The van der Waals surface area contributed by atoms with Gasteiger partial charge in [-0.3, -0.25) is 9.59 Å². The lowest BCUT2D eigenvalue weighted by atomic mass is 9.68. The van der Waals surface area contributed by atoms with E-state index in [1.54, 1.807) is 24.3 Å². The summed E-state index contributed by atoms with van der Waals surface area (Å²) in [4.78, 5) is 22.3. The van der Waals surface area contributed by atoms with Gasteiger partial charge < -0.3 is 5.11 Å². The Kier molecular flexibility index (Phi) is 5.65. The second-order valence-corrected chi connectivity index (χ2v) is 9.88. The van der Waals surface area contributed by atoms with Gasteiger partial charge >= 0.3 is 0 Å². The summed E-state index contributed by atoms with van der Waals surface area (Å²) in [6.07, 6.45) is 2.40. The number of allylic oxidation sites excluding steroid dienone is 3. The number of benzene rings is 3. The molecule has 0 aromatic heterocycles. The minimum absolute atomic E-state index is 0.100. The molecule has 0 spiro atoms. The Bertz CT molecular complexity index is 1560. The van der Waals surface area contributed by atoms with Crippen LogP contribution in [0.2, 0.25) is 0 Å². The van der Waals surface area contributed by atoms with Gasteiger partial charge in [-0.05, 0) is 29.0 Å². The minimum atomic E-state index is -2.48. The first-order chi connectivity index (χ1) is 17.4. The molecular formula is C26H14Cl2F5NO3. The zero-order chi connectivity index (χ0) is 27.0. The molecule has 0 unspecified atom stereocenters. The third-order valence-electron chi connectivity index (χ3n) is 6.87. The molecule has 2 aliphatic rings. The van der Waals surface area contributed by atoms with Crippen LogP contribution in [0.3, 0.4) is 0 Å². The number of phenolic OH excluding ortho intramolecular Hbond substituents is 1. The summed E-state index contributed by atoms with van der Waals surface area (Å²) in [6, 6.07) is 9.25. The Morgan fingerprint density at radius 2 is 1.46 bits per heavy atom. The Morgan fingerprint density at radius 1 is 0.892 bits per heavy atom. The maximum atomic E-state index is 14.7. The van der Waals surface area contributed by atoms with Crippen molar-refractivity contribution in [3.05, 3.63) is 95.4 Å². The summed E-state index contributed by atoms with van der Waals surface area (Å²) >= 11 is 13.6. The van der Waals surface area contributed by atoms with Crippen LogP contribution in [0.4, 0.5) is 27.6 Å². The molecule has 2 amide bonds. The van der Waals surface area contributed by atoms with Gasteiger partial charge in [0.05, 0.1) is 0 Å². The zero-order valence-electron chi connectivity index (χ0n) is 18.5. The van der Waals surface area contributed by atoms with Gasteiger partial charge in [0.15, 0.2) is 33.0 Å². The van der Waals surface area contributed by atoms with E-state index >= 15 is 0 Å². The fraction of sp³-hybridized carbons (Fsp3) is 0.154. The molecule has 190 valence electrons. The number of carbonyl (C=O) groups excluding carboxylic acids is 2. The summed E-state index contributed by atoms with van der Waals surface area (Å²) in [5, 5.41) is 11.1. The van der Waals surface area contributed by atoms with Crippen LogP contribution in [0.15, 0.2) is 60.7 Å². The van der Waals surface area contributed by atoms with Gasteiger partial charge in [0.25, 0.3) is 11.8 Å². The molecule has 5 rings (SSSR count). The molecule has 1 saturated heterocycles. The number of hydrogen-bond acceptors (Lipinski definition) is 3. The van der Waals surface area contributed by atoms with Crippen LogP contribution in [0.25, 0.3) is 10.8 Å². The Hall–Kier alpha value is -3.43. The maximum Gasteiger partial charge on any atom is 0.258 e. The maximum absolute atomic E-state index is 14.7. The van der Waals surface area contributed by atoms with E-state index < -0.39 is 68.7 Å². The molecule has 1 N–H and O–H groups in total. The van der Waals surface area contributed by atoms with Crippen molar-refractivity contribution in [2.75, 3.05) is 4.90 Å². The lowest BCUT2D eigenvalue weighted by Gasteiger charge is -2.42. The molecule has 3 aromatic carbocycles. The van der Waals surface area contributed by atoms with Crippen LogP contribution in [-0.4, -0.2) is 26.7 Å². The number of halogens is 7. The number of anilines is 1. The Balaban J connectivity index is 1.81. The number of fused-ring (bicyclic) bond motifs is 2. The molecule has 37 heavy (non-hydrogen) atoms. The predicted molar refractivity (Wildman–Crippen MR) is 127 cm³/mol. The van der Waals surface area contributed by atoms with E-state index in [4.69, 9.17) is 23.2 Å². The van der Waals surface area contributed by atoms with Crippen molar-refractivity contribution in [2.24, 2.45) is 0 Å². The van der Waals surface area contributed by atoms with Crippen molar-refractivity contribution in [1.29, 1.82) is 0 Å². The first-order valence-electron chi connectivity index (χ1n) is 10.7. The molecule has 3 aromatic rings. The molecule has 1 aliphatic carbocycles. The number of hydrogen-bond donors (Lipinski definition) is 1. The van der Waals surface area contributed by atoms with Gasteiger partial charge in [-0.1, -0.05) is 49.1 Å². The number of amides is 2. The molecule has 0 bridgehead atoms. The molecule has 4 nitrogen and oxygen atoms in total. The van der Waals surface area contributed by atoms with E-state index in [1.165, 1.54) is 24.3 Å². The molecule has 1 aliphatic heterocycles. The van der Waals surface area contributed by atoms with Crippen molar-refractivity contribution >= 4 is 51.5 Å². The van der Waals surface area contributed by atoms with E-state index in [0.29, 0.717) is 21.9 Å². The monoisotopic (exact) mass is 553 g/mol. The predicted octanol–water partition coefficient (Wildman–Crippen LogP) is 6.37. The average molecular weight is 554 g/mol. The number of imide groups is 1. The number of nitrogens with zero attached hydrogens (tertiary/aromatic N) is 1. The summed E-state index contributed by atoms with van der Waals surface area (Å²) < 4.78 is 71.2. The second-order valence-electron chi connectivity index (χ2n) is 8.64. The molecule has 0 saturated carbocycles. The topological polar surface area (TPSA) is 57.6 Å². The highest BCUT2D eigenvalue weighted by Crippen LogP contribution is 2.61. The second kappa shape index (κ2) is 8.29. The van der Waals surface area contributed by atoms with Crippen molar-refractivity contribution in [1.82, 2.24) is 0 Å². The highest BCUT2D eigenvalue weighted by atomic mass is 35.5. The fourth-order valence-electron chi connectivity index (χ4n) is 5.10. The van der Waals surface area contributed by atoms with Gasteiger partial charge in [0.1, 0.15) is 11.4 Å². The number of rotatable bonds is 3. The largest absolute Gasteiger partial charge is 0.507 e. The molecule has 1 heterocycles. The first-order valence-corrected chi connectivity index (χ1v) is 11.5. The normalized spacial score (nSPS) is 25.4. The van der Waals surface area contributed by atoms with Crippen molar-refractivity contribution in [3.63, 3.8) is 0 Å². The number of phenols is 1. The molecule has 0 radical (unpaired) electrons. The number of alkyl halides is 2. The number of aromatic hydroxyl groups is 1. The summed E-state index contributed by atoms with van der Waals surface area (Å²) in [5.74, 6) is -16.2. The third-order valence-corrected chi connectivity index (χ3v) is 8.29. The van der Waals surface area contributed by atoms with E-state index in [2.05, 4.69) is 6.58 Å². The van der Waals surface area contributed by atoms with Crippen molar-refractivity contribution < 1.29 is 36.6 Å². The van der Waals surface area contributed by atoms with E-state index in [0.717, 1.165) is 0 Å². The first kappa shape index (κ1) is 25.2. The van der Waals surface area contributed by atoms with Crippen molar-refractivity contribution in [3.8, 4) is 5.75 Å². The van der Waals surface area contributed by atoms with Crippen LogP contribution in [-0.2, 0) is 9.59 Å². The van der Waals surface area contributed by atoms with E-state index in [-0.39, 0.29) is 10.6 Å². The highest BCUT2D eigenvalue weighted by molar-refractivity contribution is 6.58. The summed E-state index contributed by atoms with van der Waals surface area (Å²) in [7, 11) is 0.